The van der Waals surface area contributed by atoms with E-state index in [2.05, 4.69) is 13.0 Å². The summed E-state index contributed by atoms with van der Waals surface area (Å²) in [6.07, 6.45) is 4.24. The first kappa shape index (κ1) is 12.0. The lowest BCUT2D eigenvalue weighted by atomic mass is 9.96. The summed E-state index contributed by atoms with van der Waals surface area (Å²) >= 11 is 0. The van der Waals surface area contributed by atoms with E-state index in [0.717, 1.165) is 32.2 Å². The van der Waals surface area contributed by atoms with Gasteiger partial charge in [-0.05, 0) is 25.2 Å². The Morgan fingerprint density at radius 2 is 2.27 bits per heavy atom. The van der Waals surface area contributed by atoms with Crippen molar-refractivity contribution in [3.63, 3.8) is 0 Å². The molecule has 0 aromatic carbocycles. The van der Waals surface area contributed by atoms with Crippen LogP contribution in [0.3, 0.4) is 0 Å². The van der Waals surface area contributed by atoms with E-state index in [9.17, 15) is 4.79 Å². The van der Waals surface area contributed by atoms with Crippen molar-refractivity contribution in [2.24, 2.45) is 11.8 Å². The topological polar surface area (TPSA) is 44.1 Å². The molecule has 15 heavy (non-hydrogen) atoms. The number of rotatable bonds is 4. The molecule has 1 aliphatic carbocycles. The second-order valence-corrected chi connectivity index (χ2v) is 4.43. The number of nitriles is 1. The van der Waals surface area contributed by atoms with Gasteiger partial charge in [0.25, 0.3) is 0 Å². The van der Waals surface area contributed by atoms with Crippen LogP contribution in [0, 0.1) is 23.2 Å². The Labute approximate surface area is 92.1 Å². The second-order valence-electron chi connectivity index (χ2n) is 4.43. The average Bonchev–Trinajstić information content (AvgIpc) is 2.63. The number of nitrogens with zero attached hydrogens (tertiary/aromatic N) is 2. The van der Waals surface area contributed by atoms with Crippen molar-refractivity contribution in [2.75, 3.05) is 13.1 Å². The van der Waals surface area contributed by atoms with Gasteiger partial charge in [0, 0.05) is 12.5 Å². The Bertz CT molecular complexity index is 257. The molecule has 0 aliphatic heterocycles. The SMILES string of the molecule is CCCN(CC#N)C(=O)C1CCCC1C. The van der Waals surface area contributed by atoms with E-state index < -0.39 is 0 Å². The molecule has 0 heterocycles. The predicted molar refractivity (Wildman–Crippen MR) is 59.0 cm³/mol. The van der Waals surface area contributed by atoms with Gasteiger partial charge in [0.2, 0.25) is 5.91 Å². The predicted octanol–water partition coefficient (Wildman–Crippen LogP) is 2.18. The fourth-order valence-corrected chi connectivity index (χ4v) is 2.37. The molecule has 84 valence electrons. The Kier molecular flexibility index (Phi) is 4.61. The summed E-state index contributed by atoms with van der Waals surface area (Å²) in [5.41, 5.74) is 0. The highest BCUT2D eigenvalue weighted by molar-refractivity contribution is 5.79. The molecule has 1 saturated carbocycles. The van der Waals surface area contributed by atoms with Crippen molar-refractivity contribution < 1.29 is 4.79 Å². The van der Waals surface area contributed by atoms with Gasteiger partial charge in [0.1, 0.15) is 6.54 Å². The van der Waals surface area contributed by atoms with E-state index in [1.165, 1.54) is 0 Å². The van der Waals surface area contributed by atoms with Crippen molar-refractivity contribution in [3.05, 3.63) is 0 Å². The van der Waals surface area contributed by atoms with Crippen molar-refractivity contribution >= 4 is 5.91 Å². The van der Waals surface area contributed by atoms with Crippen LogP contribution >= 0.6 is 0 Å². The molecule has 0 spiro atoms. The molecule has 1 rings (SSSR count). The third-order valence-corrected chi connectivity index (χ3v) is 3.25. The summed E-state index contributed by atoms with van der Waals surface area (Å²) in [6, 6.07) is 2.08. The van der Waals surface area contributed by atoms with Gasteiger partial charge in [-0.25, -0.2) is 0 Å². The van der Waals surface area contributed by atoms with E-state index in [4.69, 9.17) is 5.26 Å². The van der Waals surface area contributed by atoms with Gasteiger partial charge >= 0.3 is 0 Å². The van der Waals surface area contributed by atoms with Crippen LogP contribution in [0.25, 0.3) is 0 Å². The van der Waals surface area contributed by atoms with Crippen molar-refractivity contribution in [1.29, 1.82) is 5.26 Å². The monoisotopic (exact) mass is 208 g/mol. The number of carbonyl (C=O) groups excluding carboxylic acids is 1. The summed E-state index contributed by atoms with van der Waals surface area (Å²) < 4.78 is 0. The molecule has 2 atom stereocenters. The normalized spacial score (nSPS) is 24.9. The van der Waals surface area contributed by atoms with E-state index in [1.807, 2.05) is 6.92 Å². The number of amides is 1. The fourth-order valence-electron chi connectivity index (χ4n) is 2.37. The summed E-state index contributed by atoms with van der Waals surface area (Å²) in [4.78, 5) is 13.8. The lowest BCUT2D eigenvalue weighted by Gasteiger charge is -2.24. The van der Waals surface area contributed by atoms with Gasteiger partial charge in [0.15, 0.2) is 0 Å². The molecule has 1 amide bonds. The van der Waals surface area contributed by atoms with Crippen molar-refractivity contribution in [2.45, 2.75) is 39.5 Å². The van der Waals surface area contributed by atoms with Crippen LogP contribution in [0.1, 0.15) is 39.5 Å². The molecule has 0 saturated heterocycles. The van der Waals surface area contributed by atoms with Crippen LogP contribution in [0.4, 0.5) is 0 Å². The molecule has 0 aromatic heterocycles. The molecular formula is C12H20N2O. The van der Waals surface area contributed by atoms with Crippen LogP contribution in [0.2, 0.25) is 0 Å². The molecule has 0 radical (unpaired) electrons. The average molecular weight is 208 g/mol. The third kappa shape index (κ3) is 2.95. The smallest absolute Gasteiger partial charge is 0.226 e. The van der Waals surface area contributed by atoms with E-state index in [1.54, 1.807) is 4.90 Å². The molecule has 0 N–H and O–H groups in total. The largest absolute Gasteiger partial charge is 0.329 e. The minimum absolute atomic E-state index is 0.171. The summed E-state index contributed by atoms with van der Waals surface area (Å²) in [6.45, 7) is 5.15. The molecule has 3 heteroatoms. The minimum Gasteiger partial charge on any atom is -0.329 e. The van der Waals surface area contributed by atoms with Crippen molar-refractivity contribution in [3.8, 4) is 6.07 Å². The van der Waals surface area contributed by atoms with Gasteiger partial charge in [0.05, 0.1) is 6.07 Å². The highest BCUT2D eigenvalue weighted by Gasteiger charge is 2.32. The molecule has 1 aliphatic rings. The van der Waals surface area contributed by atoms with Crippen LogP contribution in [0.15, 0.2) is 0 Å². The lowest BCUT2D eigenvalue weighted by molar-refractivity contribution is -0.135. The molecule has 1 fully saturated rings. The first-order chi connectivity index (χ1) is 7.20. The Balaban J connectivity index is 2.58. The third-order valence-electron chi connectivity index (χ3n) is 3.25. The standard InChI is InChI=1S/C12H20N2O/c1-3-8-14(9-7-13)12(15)11-6-4-5-10(11)2/h10-11H,3-6,8-9H2,1-2H3. The number of hydrogen-bond donors (Lipinski definition) is 0. The first-order valence-electron chi connectivity index (χ1n) is 5.86. The van der Waals surface area contributed by atoms with E-state index in [0.29, 0.717) is 5.92 Å². The fraction of sp³-hybridized carbons (Fsp3) is 0.833. The highest BCUT2D eigenvalue weighted by Crippen LogP contribution is 2.32. The lowest BCUT2D eigenvalue weighted by Crippen LogP contribution is -2.37. The molecule has 2 unspecified atom stereocenters. The maximum absolute atomic E-state index is 12.1. The summed E-state index contributed by atoms with van der Waals surface area (Å²) in [5.74, 6) is 0.865. The zero-order valence-corrected chi connectivity index (χ0v) is 9.70. The van der Waals surface area contributed by atoms with E-state index in [-0.39, 0.29) is 18.4 Å². The highest BCUT2D eigenvalue weighted by atomic mass is 16.2. The molecule has 0 aromatic rings. The van der Waals surface area contributed by atoms with Crippen LogP contribution in [0.5, 0.6) is 0 Å². The number of carbonyl (C=O) groups is 1. The maximum atomic E-state index is 12.1. The van der Waals surface area contributed by atoms with Crippen LogP contribution < -0.4 is 0 Å². The van der Waals surface area contributed by atoms with Gasteiger partial charge in [-0.3, -0.25) is 4.79 Å². The van der Waals surface area contributed by atoms with E-state index >= 15 is 0 Å². The molecule has 3 nitrogen and oxygen atoms in total. The summed E-state index contributed by atoms with van der Waals surface area (Å²) in [7, 11) is 0. The molecular weight excluding hydrogens is 188 g/mol. The minimum atomic E-state index is 0.171. The summed E-state index contributed by atoms with van der Waals surface area (Å²) in [5, 5.41) is 8.68. The second kappa shape index (κ2) is 5.75. The Morgan fingerprint density at radius 3 is 2.73 bits per heavy atom. The first-order valence-corrected chi connectivity index (χ1v) is 5.86. The van der Waals surface area contributed by atoms with Crippen LogP contribution in [-0.4, -0.2) is 23.9 Å². The van der Waals surface area contributed by atoms with Crippen molar-refractivity contribution in [1.82, 2.24) is 4.90 Å². The zero-order chi connectivity index (χ0) is 11.3. The Morgan fingerprint density at radius 1 is 1.53 bits per heavy atom. The zero-order valence-electron chi connectivity index (χ0n) is 9.70. The van der Waals surface area contributed by atoms with Gasteiger partial charge in [-0.15, -0.1) is 0 Å². The van der Waals surface area contributed by atoms with Gasteiger partial charge in [-0.1, -0.05) is 20.3 Å². The number of hydrogen-bond acceptors (Lipinski definition) is 2. The quantitative estimate of drug-likeness (QED) is 0.665. The Hall–Kier alpha value is -1.04. The van der Waals surface area contributed by atoms with Gasteiger partial charge in [-0.2, -0.15) is 5.26 Å². The van der Waals surface area contributed by atoms with Gasteiger partial charge < -0.3 is 4.90 Å². The maximum Gasteiger partial charge on any atom is 0.226 e. The molecule has 0 bridgehead atoms. The van der Waals surface area contributed by atoms with Crippen LogP contribution in [-0.2, 0) is 4.79 Å².